The summed E-state index contributed by atoms with van der Waals surface area (Å²) in [7, 11) is 1.45. The molecule has 0 radical (unpaired) electrons. The van der Waals surface area contributed by atoms with E-state index in [1.807, 2.05) is 13.8 Å². The van der Waals surface area contributed by atoms with Gasteiger partial charge in [-0.3, -0.25) is 9.59 Å². The Balaban J connectivity index is 0.000000791. The zero-order chi connectivity index (χ0) is 11.1. The van der Waals surface area contributed by atoms with E-state index in [9.17, 15) is 9.59 Å². The summed E-state index contributed by atoms with van der Waals surface area (Å²) in [5.41, 5.74) is -0.451. The van der Waals surface area contributed by atoms with Crippen molar-refractivity contribution in [2.45, 2.75) is 13.8 Å². The van der Waals surface area contributed by atoms with Crippen molar-refractivity contribution in [1.29, 1.82) is 0 Å². The average molecular weight is 198 g/mol. The van der Waals surface area contributed by atoms with Crippen LogP contribution in [0.3, 0.4) is 0 Å². The molecule has 1 aromatic heterocycles. The van der Waals surface area contributed by atoms with Gasteiger partial charge in [-0.15, -0.1) is 0 Å². The Labute approximate surface area is 81.8 Å². The Morgan fingerprint density at radius 3 is 2.50 bits per heavy atom. The molecule has 0 aromatic carbocycles. The van der Waals surface area contributed by atoms with Crippen molar-refractivity contribution < 1.29 is 9.90 Å². The number of carbonyl (C=O) groups excluding carboxylic acids is 1. The van der Waals surface area contributed by atoms with Crippen molar-refractivity contribution >= 4 is 5.91 Å². The first-order chi connectivity index (χ1) is 6.65. The summed E-state index contributed by atoms with van der Waals surface area (Å²) in [6, 6.07) is 1.04. The van der Waals surface area contributed by atoms with Gasteiger partial charge in [-0.05, 0) is 0 Å². The molecule has 0 spiro atoms. The largest absolute Gasteiger partial charge is 0.503 e. The van der Waals surface area contributed by atoms with Crippen molar-refractivity contribution in [3.63, 3.8) is 0 Å². The van der Waals surface area contributed by atoms with Gasteiger partial charge in [-0.2, -0.15) is 0 Å². The van der Waals surface area contributed by atoms with Gasteiger partial charge in [0.15, 0.2) is 5.75 Å². The third-order valence-corrected chi connectivity index (χ3v) is 1.36. The molecule has 1 aromatic rings. The number of aromatic nitrogens is 1. The molecule has 0 saturated carbocycles. The summed E-state index contributed by atoms with van der Waals surface area (Å²) in [5, 5.41) is 11.2. The van der Waals surface area contributed by atoms with Gasteiger partial charge in [0.05, 0.1) is 0 Å². The van der Waals surface area contributed by atoms with Crippen LogP contribution in [-0.4, -0.2) is 23.0 Å². The van der Waals surface area contributed by atoms with Crippen LogP contribution in [-0.2, 0) is 0 Å². The van der Waals surface area contributed by atoms with E-state index in [2.05, 4.69) is 10.3 Å². The molecule has 1 heterocycles. The van der Waals surface area contributed by atoms with Crippen molar-refractivity contribution in [1.82, 2.24) is 10.3 Å². The second kappa shape index (κ2) is 5.80. The Morgan fingerprint density at radius 2 is 2.07 bits per heavy atom. The molecule has 5 heteroatoms. The second-order valence-corrected chi connectivity index (χ2v) is 2.18. The van der Waals surface area contributed by atoms with Crippen LogP contribution in [0.15, 0.2) is 17.1 Å². The molecule has 78 valence electrons. The third kappa shape index (κ3) is 2.93. The van der Waals surface area contributed by atoms with Crippen LogP contribution in [0.4, 0.5) is 0 Å². The number of carbonyl (C=O) groups is 1. The zero-order valence-corrected chi connectivity index (χ0v) is 8.42. The first-order valence-electron chi connectivity index (χ1n) is 4.29. The number of pyridine rings is 1. The SMILES string of the molecule is CC.CNC(=O)c1cc(=O)c(O)c[nH]1. The average Bonchev–Trinajstić information content (AvgIpc) is 2.24. The number of aromatic amines is 1. The summed E-state index contributed by atoms with van der Waals surface area (Å²) < 4.78 is 0. The van der Waals surface area contributed by atoms with E-state index >= 15 is 0 Å². The van der Waals surface area contributed by atoms with Gasteiger partial charge in [0.2, 0.25) is 5.43 Å². The molecule has 1 amide bonds. The first kappa shape index (κ1) is 12.2. The smallest absolute Gasteiger partial charge is 0.267 e. The number of H-pyrrole nitrogens is 1. The van der Waals surface area contributed by atoms with Gasteiger partial charge in [0.25, 0.3) is 5.91 Å². The predicted octanol–water partition coefficient (Wildman–Crippen LogP) is 0.466. The number of hydrogen-bond donors (Lipinski definition) is 3. The van der Waals surface area contributed by atoms with Crippen LogP contribution >= 0.6 is 0 Å². The summed E-state index contributed by atoms with van der Waals surface area (Å²) in [6.07, 6.45) is 1.08. The topological polar surface area (TPSA) is 82.2 Å². The summed E-state index contributed by atoms with van der Waals surface area (Å²) in [5.74, 6) is -0.797. The molecular weight excluding hydrogens is 184 g/mol. The second-order valence-electron chi connectivity index (χ2n) is 2.18. The quantitative estimate of drug-likeness (QED) is 0.613. The van der Waals surface area contributed by atoms with Gasteiger partial charge in [0, 0.05) is 19.3 Å². The van der Waals surface area contributed by atoms with Gasteiger partial charge in [-0.25, -0.2) is 0 Å². The lowest BCUT2D eigenvalue weighted by Crippen LogP contribution is -2.20. The molecule has 1 rings (SSSR count). The highest BCUT2D eigenvalue weighted by atomic mass is 16.3. The van der Waals surface area contributed by atoms with E-state index in [0.717, 1.165) is 12.3 Å². The lowest BCUT2D eigenvalue weighted by atomic mass is 10.3. The Bertz CT molecular complexity index is 357. The predicted molar refractivity (Wildman–Crippen MR) is 53.5 cm³/mol. The molecule has 0 aliphatic heterocycles. The highest BCUT2D eigenvalue weighted by Gasteiger charge is 2.04. The van der Waals surface area contributed by atoms with E-state index in [4.69, 9.17) is 5.11 Å². The Hall–Kier alpha value is -1.78. The molecule has 0 atom stereocenters. The van der Waals surface area contributed by atoms with Crippen LogP contribution in [0.2, 0.25) is 0 Å². The van der Waals surface area contributed by atoms with Crippen LogP contribution < -0.4 is 10.7 Å². The maximum atomic E-state index is 10.9. The number of aromatic hydroxyl groups is 1. The molecule has 0 aliphatic carbocycles. The standard InChI is InChI=1S/C7H8N2O3.C2H6/c1-8-7(12)4-2-5(10)6(11)3-9-4;1-2/h2-3,11H,1H3,(H,8,12)(H,9,10);1-2H3. The molecule has 0 bridgehead atoms. The zero-order valence-electron chi connectivity index (χ0n) is 8.42. The molecular formula is C9H14N2O3. The highest BCUT2D eigenvalue weighted by Crippen LogP contribution is 1.97. The van der Waals surface area contributed by atoms with Crippen LogP contribution in [0.5, 0.6) is 5.75 Å². The van der Waals surface area contributed by atoms with E-state index in [1.165, 1.54) is 7.05 Å². The van der Waals surface area contributed by atoms with E-state index in [-0.39, 0.29) is 5.69 Å². The lowest BCUT2D eigenvalue weighted by molar-refractivity contribution is 0.0958. The number of rotatable bonds is 1. The summed E-state index contributed by atoms with van der Waals surface area (Å²) in [4.78, 5) is 24.2. The van der Waals surface area contributed by atoms with E-state index in [1.54, 1.807) is 0 Å². The van der Waals surface area contributed by atoms with Crippen molar-refractivity contribution in [3.8, 4) is 5.75 Å². The molecule has 3 N–H and O–H groups in total. The van der Waals surface area contributed by atoms with Crippen molar-refractivity contribution in [2.24, 2.45) is 0 Å². The van der Waals surface area contributed by atoms with Crippen LogP contribution in [0.25, 0.3) is 0 Å². The minimum Gasteiger partial charge on any atom is -0.503 e. The van der Waals surface area contributed by atoms with Gasteiger partial charge >= 0.3 is 0 Å². The number of hydrogen-bond acceptors (Lipinski definition) is 3. The fourth-order valence-corrected chi connectivity index (χ4v) is 0.730. The van der Waals surface area contributed by atoms with Crippen LogP contribution in [0.1, 0.15) is 24.3 Å². The number of amides is 1. The maximum Gasteiger partial charge on any atom is 0.267 e. The van der Waals surface area contributed by atoms with Gasteiger partial charge in [0.1, 0.15) is 5.69 Å². The normalized spacial score (nSPS) is 8.50. The molecule has 14 heavy (non-hydrogen) atoms. The third-order valence-electron chi connectivity index (χ3n) is 1.36. The minimum absolute atomic E-state index is 0.125. The fraction of sp³-hybridized carbons (Fsp3) is 0.333. The van der Waals surface area contributed by atoms with Crippen molar-refractivity contribution in [2.75, 3.05) is 7.05 Å². The summed E-state index contributed by atoms with van der Waals surface area (Å²) in [6.45, 7) is 4.00. The maximum absolute atomic E-state index is 10.9. The molecule has 0 aliphatic rings. The monoisotopic (exact) mass is 198 g/mol. The number of nitrogens with one attached hydrogen (secondary N) is 2. The van der Waals surface area contributed by atoms with Gasteiger partial charge in [-0.1, -0.05) is 13.8 Å². The van der Waals surface area contributed by atoms with E-state index < -0.39 is 17.1 Å². The Kier molecular flexibility index (Phi) is 5.06. The molecule has 0 fully saturated rings. The summed E-state index contributed by atoms with van der Waals surface area (Å²) >= 11 is 0. The first-order valence-corrected chi connectivity index (χ1v) is 4.29. The molecule has 5 nitrogen and oxygen atoms in total. The highest BCUT2D eigenvalue weighted by molar-refractivity contribution is 5.91. The minimum atomic E-state index is -0.577. The van der Waals surface area contributed by atoms with Gasteiger partial charge < -0.3 is 15.4 Å². The van der Waals surface area contributed by atoms with E-state index in [0.29, 0.717) is 0 Å². The van der Waals surface area contributed by atoms with Crippen molar-refractivity contribution in [3.05, 3.63) is 28.2 Å². The molecule has 0 saturated heterocycles. The fourth-order valence-electron chi connectivity index (χ4n) is 0.730. The van der Waals surface area contributed by atoms with Crippen LogP contribution in [0, 0.1) is 0 Å². The lowest BCUT2D eigenvalue weighted by Gasteiger charge is -1.98. The Morgan fingerprint density at radius 1 is 1.50 bits per heavy atom. The molecule has 0 unspecified atom stereocenters.